The maximum absolute atomic E-state index is 5.31. The van der Waals surface area contributed by atoms with Crippen molar-refractivity contribution in [3.05, 3.63) is 89.0 Å². The van der Waals surface area contributed by atoms with E-state index in [4.69, 9.17) is 14.5 Å². The molecule has 3 aromatic carbocycles. The van der Waals surface area contributed by atoms with Crippen LogP contribution in [0.15, 0.2) is 71.7 Å². The van der Waals surface area contributed by atoms with E-state index >= 15 is 0 Å². The van der Waals surface area contributed by atoms with Crippen LogP contribution in [0.1, 0.15) is 22.3 Å². The number of methoxy groups -OCH3 is 2. The Hall–Kier alpha value is -2.92. The molecule has 0 aliphatic carbocycles. The summed E-state index contributed by atoms with van der Waals surface area (Å²) in [5, 5.41) is 0.986. The molecule has 0 N–H and O–H groups in total. The van der Waals surface area contributed by atoms with E-state index < -0.39 is 0 Å². The number of benzene rings is 3. The number of hydrogen-bond donors (Lipinski definition) is 0. The van der Waals surface area contributed by atoms with Gasteiger partial charge in [-0.05, 0) is 72.7 Å². The minimum absolute atomic E-state index is 0.751. The molecule has 0 spiro atoms. The molecule has 0 atom stereocenters. The molecule has 3 rings (SSSR count). The van der Waals surface area contributed by atoms with Crippen LogP contribution < -0.4 is 9.47 Å². The van der Waals surface area contributed by atoms with E-state index in [2.05, 4.69) is 67.5 Å². The van der Waals surface area contributed by atoms with Crippen molar-refractivity contribution in [3.8, 4) is 11.5 Å². The summed E-state index contributed by atoms with van der Waals surface area (Å²) < 4.78 is 10.6. The lowest BCUT2D eigenvalue weighted by atomic mass is 10.1. The van der Waals surface area contributed by atoms with Crippen LogP contribution in [0.5, 0.6) is 11.5 Å². The predicted octanol–water partition coefficient (Wildman–Crippen LogP) is 6.37. The van der Waals surface area contributed by atoms with Crippen molar-refractivity contribution in [2.75, 3.05) is 20.5 Å². The van der Waals surface area contributed by atoms with Crippen molar-refractivity contribution < 1.29 is 9.47 Å². The summed E-state index contributed by atoms with van der Waals surface area (Å²) in [6.45, 7) is 5.75. The Morgan fingerprint density at radius 1 is 0.806 bits per heavy atom. The van der Waals surface area contributed by atoms with Gasteiger partial charge < -0.3 is 14.4 Å². The first kappa shape index (κ1) is 22.8. The molecular formula is C26H30N2O2S. The largest absolute Gasteiger partial charge is 0.497 e. The van der Waals surface area contributed by atoms with E-state index in [1.54, 1.807) is 26.0 Å². The zero-order valence-electron chi connectivity index (χ0n) is 18.9. The third kappa shape index (κ3) is 6.05. The van der Waals surface area contributed by atoms with Gasteiger partial charge in [0.2, 0.25) is 0 Å². The molecule has 162 valence electrons. The standard InChI is InChI=1S/C26H30N2O2S/c1-19-7-6-8-25(20(19)2)27-26(31-5)28(17-21-9-13-23(29-3)14-10-21)18-22-11-15-24(30-4)16-12-22/h6-16H,17-18H2,1-5H3. The number of amidine groups is 1. The summed E-state index contributed by atoms with van der Waals surface area (Å²) in [7, 11) is 3.38. The fourth-order valence-corrected chi connectivity index (χ4v) is 3.88. The third-order valence-corrected chi connectivity index (χ3v) is 6.02. The van der Waals surface area contributed by atoms with E-state index in [1.165, 1.54) is 22.3 Å². The van der Waals surface area contributed by atoms with Crippen LogP contribution in [-0.2, 0) is 13.1 Å². The lowest BCUT2D eigenvalue weighted by molar-refractivity contribution is 0.405. The Balaban J connectivity index is 1.94. The van der Waals surface area contributed by atoms with E-state index in [-0.39, 0.29) is 0 Å². The van der Waals surface area contributed by atoms with Crippen molar-refractivity contribution in [3.63, 3.8) is 0 Å². The van der Waals surface area contributed by atoms with Gasteiger partial charge in [0.25, 0.3) is 0 Å². The van der Waals surface area contributed by atoms with Crippen molar-refractivity contribution in [1.82, 2.24) is 4.90 Å². The average molecular weight is 435 g/mol. The van der Waals surface area contributed by atoms with E-state index in [0.717, 1.165) is 35.4 Å². The zero-order chi connectivity index (χ0) is 22.2. The number of aryl methyl sites for hydroxylation is 1. The van der Waals surface area contributed by atoms with E-state index in [1.807, 2.05) is 24.3 Å². The maximum atomic E-state index is 5.31. The lowest BCUT2D eigenvalue weighted by Crippen LogP contribution is -2.27. The van der Waals surface area contributed by atoms with Gasteiger partial charge in [0.1, 0.15) is 11.5 Å². The number of rotatable bonds is 7. The molecule has 3 aromatic rings. The highest BCUT2D eigenvalue weighted by Gasteiger charge is 2.14. The molecule has 0 bridgehead atoms. The summed E-state index contributed by atoms with van der Waals surface area (Å²) in [6.07, 6.45) is 2.08. The minimum atomic E-state index is 0.751. The normalized spacial score (nSPS) is 11.3. The Labute approximate surface area is 189 Å². The Morgan fingerprint density at radius 2 is 1.32 bits per heavy atom. The fraction of sp³-hybridized carbons (Fsp3) is 0.269. The molecule has 0 saturated heterocycles. The minimum Gasteiger partial charge on any atom is -0.497 e. The monoisotopic (exact) mass is 434 g/mol. The quantitative estimate of drug-likeness (QED) is 0.319. The van der Waals surface area contributed by atoms with Gasteiger partial charge >= 0.3 is 0 Å². The van der Waals surface area contributed by atoms with Crippen molar-refractivity contribution in [2.24, 2.45) is 4.99 Å². The van der Waals surface area contributed by atoms with Gasteiger partial charge in [-0.3, -0.25) is 0 Å². The second-order valence-electron chi connectivity index (χ2n) is 7.37. The number of thioether (sulfide) groups is 1. The molecule has 31 heavy (non-hydrogen) atoms. The van der Waals surface area contributed by atoms with Gasteiger partial charge in [-0.25, -0.2) is 4.99 Å². The Morgan fingerprint density at radius 3 is 1.77 bits per heavy atom. The molecule has 0 unspecified atom stereocenters. The van der Waals surface area contributed by atoms with Gasteiger partial charge in [-0.15, -0.1) is 0 Å². The molecule has 0 fully saturated rings. The van der Waals surface area contributed by atoms with Gasteiger partial charge in [-0.2, -0.15) is 0 Å². The predicted molar refractivity (Wildman–Crippen MR) is 132 cm³/mol. The molecule has 0 radical (unpaired) electrons. The fourth-order valence-electron chi connectivity index (χ4n) is 3.30. The van der Waals surface area contributed by atoms with Gasteiger partial charge in [0.05, 0.1) is 19.9 Å². The lowest BCUT2D eigenvalue weighted by Gasteiger charge is -2.26. The maximum Gasteiger partial charge on any atom is 0.164 e. The highest BCUT2D eigenvalue weighted by Crippen LogP contribution is 2.26. The van der Waals surface area contributed by atoms with Crippen LogP contribution >= 0.6 is 11.8 Å². The summed E-state index contributed by atoms with van der Waals surface area (Å²) in [6, 6.07) is 22.7. The Bertz CT molecular complexity index is 965. The molecular weight excluding hydrogens is 404 g/mol. The molecule has 5 heteroatoms. The molecule has 0 saturated carbocycles. The van der Waals surface area contributed by atoms with Crippen molar-refractivity contribution in [2.45, 2.75) is 26.9 Å². The average Bonchev–Trinajstić information content (AvgIpc) is 2.80. The summed E-state index contributed by atoms with van der Waals surface area (Å²) in [4.78, 5) is 7.37. The molecule has 0 amide bonds. The molecule has 4 nitrogen and oxygen atoms in total. The molecule has 0 aliphatic rings. The first-order chi connectivity index (χ1) is 15.0. The summed E-state index contributed by atoms with van der Waals surface area (Å²) in [5.41, 5.74) is 5.88. The van der Waals surface area contributed by atoms with Crippen molar-refractivity contribution >= 4 is 22.6 Å². The molecule has 0 aromatic heterocycles. The SMILES string of the molecule is COc1ccc(CN(Cc2ccc(OC)cc2)C(=Nc2cccc(C)c2C)SC)cc1. The van der Waals surface area contributed by atoms with E-state index in [9.17, 15) is 0 Å². The Kier molecular flexibility index (Phi) is 8.01. The van der Waals surface area contributed by atoms with Crippen LogP contribution in [0.3, 0.4) is 0 Å². The van der Waals surface area contributed by atoms with Crippen LogP contribution in [0.25, 0.3) is 0 Å². The van der Waals surface area contributed by atoms with Gasteiger partial charge in [0, 0.05) is 13.1 Å². The summed E-state index contributed by atoms with van der Waals surface area (Å²) in [5.74, 6) is 1.72. The third-order valence-electron chi connectivity index (χ3n) is 5.31. The highest BCUT2D eigenvalue weighted by atomic mass is 32.2. The van der Waals surface area contributed by atoms with Crippen molar-refractivity contribution in [1.29, 1.82) is 0 Å². The highest BCUT2D eigenvalue weighted by molar-refractivity contribution is 8.13. The summed E-state index contributed by atoms with van der Waals surface area (Å²) >= 11 is 1.67. The second-order valence-corrected chi connectivity index (χ2v) is 8.14. The second kappa shape index (κ2) is 10.9. The van der Waals surface area contributed by atoms with Crippen LogP contribution in [0, 0.1) is 13.8 Å². The van der Waals surface area contributed by atoms with Gasteiger partial charge in [-0.1, -0.05) is 48.2 Å². The number of ether oxygens (including phenoxy) is 2. The van der Waals surface area contributed by atoms with Crippen LogP contribution in [0.4, 0.5) is 5.69 Å². The van der Waals surface area contributed by atoms with E-state index in [0.29, 0.717) is 0 Å². The first-order valence-electron chi connectivity index (χ1n) is 10.2. The molecule has 0 heterocycles. The zero-order valence-corrected chi connectivity index (χ0v) is 19.7. The molecule has 0 aliphatic heterocycles. The number of aliphatic imine (C=N–C) groups is 1. The van der Waals surface area contributed by atoms with Gasteiger partial charge in [0.15, 0.2) is 5.17 Å². The number of hydrogen-bond acceptors (Lipinski definition) is 4. The number of nitrogens with zero attached hydrogens (tertiary/aromatic N) is 2. The first-order valence-corrected chi connectivity index (χ1v) is 11.5. The van der Waals surface area contributed by atoms with Crippen LogP contribution in [0.2, 0.25) is 0 Å². The smallest absolute Gasteiger partial charge is 0.164 e. The van der Waals surface area contributed by atoms with Crippen LogP contribution in [-0.4, -0.2) is 30.5 Å². The topological polar surface area (TPSA) is 34.1 Å².